The first-order valence-electron chi connectivity index (χ1n) is 11.2. The van der Waals surface area contributed by atoms with Crippen LogP contribution in [0.25, 0.3) is 0 Å². The average molecular weight is 443 g/mol. The van der Waals surface area contributed by atoms with Gasteiger partial charge in [-0.2, -0.15) is 13.2 Å². The number of hydrogen-bond donors (Lipinski definition) is 0. The maximum absolute atomic E-state index is 13.1. The number of alkyl halides is 3. The Balaban J connectivity index is 2.00. The van der Waals surface area contributed by atoms with Crippen LogP contribution >= 0.6 is 0 Å². The molecule has 0 spiro atoms. The lowest BCUT2D eigenvalue weighted by atomic mass is 9.84. The molecule has 1 fully saturated rings. The van der Waals surface area contributed by atoms with Gasteiger partial charge in [0.15, 0.2) is 0 Å². The third kappa shape index (κ3) is 9.60. The summed E-state index contributed by atoms with van der Waals surface area (Å²) in [7, 11) is 0. The minimum absolute atomic E-state index is 0.0682. The van der Waals surface area contributed by atoms with Crippen molar-refractivity contribution in [1.29, 1.82) is 0 Å². The van der Waals surface area contributed by atoms with E-state index in [0.717, 1.165) is 63.4 Å². The summed E-state index contributed by atoms with van der Waals surface area (Å²) in [5.74, 6) is 0.320. The zero-order chi connectivity index (χ0) is 23.1. The number of benzene rings is 1. The molecule has 31 heavy (non-hydrogen) atoms. The van der Waals surface area contributed by atoms with E-state index in [1.54, 1.807) is 0 Å². The number of rotatable bonds is 9. The summed E-state index contributed by atoms with van der Waals surface area (Å²) < 4.78 is 43.9. The zero-order valence-electron chi connectivity index (χ0n) is 19.3. The molecule has 1 aliphatic rings. The normalized spacial score (nSPS) is 16.9. The third-order valence-corrected chi connectivity index (χ3v) is 5.50. The van der Waals surface area contributed by atoms with Gasteiger partial charge in [-0.15, -0.1) is 0 Å². The number of halogens is 3. The second-order valence-electron chi connectivity index (χ2n) is 9.89. The highest BCUT2D eigenvalue weighted by molar-refractivity contribution is 5.76. The van der Waals surface area contributed by atoms with Crippen molar-refractivity contribution in [2.45, 2.75) is 59.7 Å². The van der Waals surface area contributed by atoms with Gasteiger partial charge < -0.3 is 9.64 Å². The van der Waals surface area contributed by atoms with Crippen molar-refractivity contribution in [3.05, 3.63) is 35.4 Å². The predicted octanol–water partition coefficient (Wildman–Crippen LogP) is 5.22. The van der Waals surface area contributed by atoms with Crippen LogP contribution in [0.5, 0.6) is 0 Å². The third-order valence-electron chi connectivity index (χ3n) is 5.50. The summed E-state index contributed by atoms with van der Waals surface area (Å²) >= 11 is 0. The van der Waals surface area contributed by atoms with Crippen molar-refractivity contribution in [3.8, 4) is 0 Å². The number of hydrogen-bond acceptors (Lipinski definition) is 3. The predicted molar refractivity (Wildman–Crippen MR) is 117 cm³/mol. The summed E-state index contributed by atoms with van der Waals surface area (Å²) in [6.07, 6.45) is -2.12. The van der Waals surface area contributed by atoms with Crippen LogP contribution in [0.3, 0.4) is 0 Å². The Hall–Kier alpha value is -1.60. The fourth-order valence-corrected chi connectivity index (χ4v) is 4.17. The monoisotopic (exact) mass is 442 g/mol. The lowest BCUT2D eigenvalue weighted by Gasteiger charge is -2.29. The SMILES string of the molecule is CC(CC(=O)N(CCCN1CCOCC1)Cc1ccc(C(F)(F)F)cc1)CC(C)(C)C. The number of morpholine rings is 1. The average Bonchev–Trinajstić information content (AvgIpc) is 2.66. The van der Waals surface area contributed by atoms with Crippen molar-refractivity contribution in [3.63, 3.8) is 0 Å². The molecule has 1 aromatic carbocycles. The van der Waals surface area contributed by atoms with Crippen LogP contribution in [-0.2, 0) is 22.3 Å². The first-order valence-corrected chi connectivity index (χ1v) is 11.2. The Morgan fingerprint density at radius 1 is 1.13 bits per heavy atom. The van der Waals surface area contributed by atoms with Crippen LogP contribution in [0, 0.1) is 11.3 Å². The van der Waals surface area contributed by atoms with Gasteiger partial charge in [-0.3, -0.25) is 9.69 Å². The molecule has 0 N–H and O–H groups in total. The lowest BCUT2D eigenvalue weighted by molar-refractivity contribution is -0.137. The van der Waals surface area contributed by atoms with Crippen LogP contribution in [0.1, 0.15) is 58.1 Å². The minimum Gasteiger partial charge on any atom is -0.379 e. The van der Waals surface area contributed by atoms with E-state index in [1.165, 1.54) is 12.1 Å². The number of ether oxygens (including phenoxy) is 1. The Morgan fingerprint density at radius 2 is 1.74 bits per heavy atom. The van der Waals surface area contributed by atoms with Gasteiger partial charge >= 0.3 is 6.18 Å². The Bertz CT molecular complexity index is 678. The molecular weight excluding hydrogens is 405 g/mol. The van der Waals surface area contributed by atoms with Crippen molar-refractivity contribution in [1.82, 2.24) is 9.80 Å². The highest BCUT2D eigenvalue weighted by Gasteiger charge is 2.30. The van der Waals surface area contributed by atoms with Crippen LogP contribution in [-0.4, -0.2) is 55.1 Å². The largest absolute Gasteiger partial charge is 0.416 e. The summed E-state index contributed by atoms with van der Waals surface area (Å²) in [6, 6.07) is 5.13. The van der Waals surface area contributed by atoms with Gasteiger partial charge in [0.2, 0.25) is 5.91 Å². The van der Waals surface area contributed by atoms with Crippen molar-refractivity contribution in [2.75, 3.05) is 39.4 Å². The van der Waals surface area contributed by atoms with Crippen molar-refractivity contribution in [2.24, 2.45) is 11.3 Å². The Labute approximate surface area is 184 Å². The molecule has 1 aliphatic heterocycles. The smallest absolute Gasteiger partial charge is 0.379 e. The second kappa shape index (κ2) is 11.3. The van der Waals surface area contributed by atoms with Gasteiger partial charge in [-0.1, -0.05) is 39.8 Å². The molecule has 7 heteroatoms. The molecule has 0 bridgehead atoms. The molecule has 2 rings (SSSR count). The lowest BCUT2D eigenvalue weighted by Crippen LogP contribution is -2.39. The maximum atomic E-state index is 13.1. The highest BCUT2D eigenvalue weighted by atomic mass is 19.4. The van der Waals surface area contributed by atoms with Gasteiger partial charge in [-0.05, 0) is 41.9 Å². The zero-order valence-corrected chi connectivity index (χ0v) is 19.3. The molecule has 0 aromatic heterocycles. The van der Waals surface area contributed by atoms with Gasteiger partial charge in [0.05, 0.1) is 18.8 Å². The fraction of sp³-hybridized carbons (Fsp3) is 0.708. The van der Waals surface area contributed by atoms with Gasteiger partial charge in [0, 0.05) is 39.1 Å². The Kier molecular flexibility index (Phi) is 9.37. The van der Waals surface area contributed by atoms with E-state index in [4.69, 9.17) is 4.74 Å². The fourth-order valence-electron chi connectivity index (χ4n) is 4.17. The highest BCUT2D eigenvalue weighted by Crippen LogP contribution is 2.29. The molecule has 0 aliphatic carbocycles. The minimum atomic E-state index is -4.35. The molecule has 0 saturated carbocycles. The van der Waals surface area contributed by atoms with Crippen molar-refractivity contribution >= 4 is 5.91 Å². The first kappa shape index (κ1) is 25.7. The molecule has 0 radical (unpaired) electrons. The number of nitrogens with zero attached hydrogens (tertiary/aromatic N) is 2. The molecule has 1 aromatic rings. The number of amides is 1. The van der Waals surface area contributed by atoms with Crippen LogP contribution < -0.4 is 0 Å². The van der Waals surface area contributed by atoms with E-state index in [2.05, 4.69) is 32.6 Å². The number of carbonyl (C=O) groups excluding carboxylic acids is 1. The van der Waals surface area contributed by atoms with Crippen LogP contribution in [0.4, 0.5) is 13.2 Å². The van der Waals surface area contributed by atoms with E-state index < -0.39 is 11.7 Å². The first-order chi connectivity index (χ1) is 14.4. The standard InChI is InChI=1S/C24H37F3N2O2/c1-19(17-23(2,3)4)16-22(30)29(11-5-10-28-12-14-31-15-13-28)18-20-6-8-21(9-7-20)24(25,26)27/h6-9,19H,5,10-18H2,1-4H3. The summed E-state index contributed by atoms with van der Waals surface area (Å²) in [5.41, 5.74) is 0.199. The molecule has 1 atom stereocenters. The quantitative estimate of drug-likeness (QED) is 0.526. The van der Waals surface area contributed by atoms with Crippen molar-refractivity contribution < 1.29 is 22.7 Å². The summed E-state index contributed by atoms with van der Waals surface area (Å²) in [6.45, 7) is 13.7. The summed E-state index contributed by atoms with van der Waals surface area (Å²) in [5, 5.41) is 0. The van der Waals surface area contributed by atoms with Gasteiger partial charge in [0.1, 0.15) is 0 Å². The second-order valence-corrected chi connectivity index (χ2v) is 9.89. The van der Waals surface area contributed by atoms with Gasteiger partial charge in [0.25, 0.3) is 0 Å². The molecule has 176 valence electrons. The topological polar surface area (TPSA) is 32.8 Å². The maximum Gasteiger partial charge on any atom is 0.416 e. The molecule has 4 nitrogen and oxygen atoms in total. The van der Waals surface area contributed by atoms with E-state index in [0.29, 0.717) is 19.5 Å². The molecular formula is C24H37F3N2O2. The van der Waals surface area contributed by atoms with E-state index in [1.807, 2.05) is 4.90 Å². The molecule has 1 saturated heterocycles. The van der Waals surface area contributed by atoms with Crippen LogP contribution in [0.2, 0.25) is 0 Å². The summed E-state index contributed by atoms with van der Waals surface area (Å²) in [4.78, 5) is 17.2. The van der Waals surface area contributed by atoms with Gasteiger partial charge in [-0.25, -0.2) is 0 Å². The molecule has 1 unspecified atom stereocenters. The number of carbonyl (C=O) groups is 1. The molecule has 1 heterocycles. The van der Waals surface area contributed by atoms with E-state index in [-0.39, 0.29) is 17.2 Å². The Morgan fingerprint density at radius 3 is 2.29 bits per heavy atom. The van der Waals surface area contributed by atoms with E-state index in [9.17, 15) is 18.0 Å². The molecule has 1 amide bonds. The van der Waals surface area contributed by atoms with Crippen LogP contribution in [0.15, 0.2) is 24.3 Å². The van der Waals surface area contributed by atoms with E-state index >= 15 is 0 Å².